The summed E-state index contributed by atoms with van der Waals surface area (Å²) >= 11 is 5.66. The van der Waals surface area contributed by atoms with Crippen molar-refractivity contribution in [2.75, 3.05) is 24.6 Å². The maximum Gasteiger partial charge on any atom is 0.273 e. The largest absolute Gasteiger partial charge is 0.382 e. The number of nitrogens with zero attached hydrogens (tertiary/aromatic N) is 4. The molecule has 106 valence electrons. The highest BCUT2D eigenvalue weighted by atomic mass is 35.5. The number of hydrogen-bond donors (Lipinski definition) is 5. The molecular formula is C9H12ClN9O. The molecule has 0 fully saturated rings. The first kappa shape index (κ1) is 15.3. The van der Waals surface area contributed by atoms with Crippen molar-refractivity contribution in [1.29, 1.82) is 5.26 Å². The van der Waals surface area contributed by atoms with E-state index in [0.29, 0.717) is 0 Å². The molecule has 11 heteroatoms. The Labute approximate surface area is 119 Å². The molecule has 10 nitrogen and oxygen atoms in total. The maximum atomic E-state index is 11.8. The Balaban J connectivity index is 2.58. The number of carbonyl (C=O) groups is 1. The Morgan fingerprint density at radius 1 is 1.40 bits per heavy atom. The van der Waals surface area contributed by atoms with Gasteiger partial charge in [-0.3, -0.25) is 15.1 Å². The van der Waals surface area contributed by atoms with Gasteiger partial charge in [-0.05, 0) is 0 Å². The van der Waals surface area contributed by atoms with Crippen LogP contribution in [0.5, 0.6) is 0 Å². The van der Waals surface area contributed by atoms with E-state index < -0.39 is 5.91 Å². The Bertz CT molecular complexity index is 580. The molecule has 0 radical (unpaired) electrons. The van der Waals surface area contributed by atoms with Gasteiger partial charge in [-0.2, -0.15) is 5.26 Å². The zero-order valence-corrected chi connectivity index (χ0v) is 11.0. The zero-order valence-electron chi connectivity index (χ0n) is 10.2. The fraction of sp³-hybridized carbons (Fsp3) is 0.222. The van der Waals surface area contributed by atoms with Crippen LogP contribution in [0, 0.1) is 11.5 Å². The van der Waals surface area contributed by atoms with E-state index in [4.69, 9.17) is 34.1 Å². The van der Waals surface area contributed by atoms with E-state index in [1.165, 1.54) is 0 Å². The van der Waals surface area contributed by atoms with E-state index in [1.54, 1.807) is 6.19 Å². The number of hydrogen-bond acceptors (Lipinski definition) is 7. The number of anilines is 2. The molecule has 1 amide bonds. The van der Waals surface area contributed by atoms with Gasteiger partial charge in [0.15, 0.2) is 28.7 Å². The van der Waals surface area contributed by atoms with E-state index in [9.17, 15) is 4.79 Å². The molecular weight excluding hydrogens is 286 g/mol. The molecule has 0 aliphatic rings. The van der Waals surface area contributed by atoms with Gasteiger partial charge in [0.2, 0.25) is 5.96 Å². The van der Waals surface area contributed by atoms with Gasteiger partial charge in [0.1, 0.15) is 0 Å². The Hall–Kier alpha value is -2.80. The summed E-state index contributed by atoms with van der Waals surface area (Å²) in [6.45, 7) is 0.331. The number of aromatic nitrogens is 2. The molecule has 1 aromatic heterocycles. The van der Waals surface area contributed by atoms with Gasteiger partial charge in [0, 0.05) is 6.54 Å². The van der Waals surface area contributed by atoms with Crippen molar-refractivity contribution in [2.45, 2.75) is 0 Å². The fourth-order valence-electron chi connectivity index (χ4n) is 1.13. The summed E-state index contributed by atoms with van der Waals surface area (Å²) in [4.78, 5) is 22.9. The average molecular weight is 298 g/mol. The fourth-order valence-corrected chi connectivity index (χ4v) is 1.26. The molecule has 0 saturated heterocycles. The van der Waals surface area contributed by atoms with Crippen LogP contribution in [0.1, 0.15) is 10.5 Å². The highest BCUT2D eigenvalue weighted by Gasteiger charge is 2.15. The number of nitriles is 1. The van der Waals surface area contributed by atoms with Crippen LogP contribution in [0.4, 0.5) is 11.6 Å². The van der Waals surface area contributed by atoms with E-state index >= 15 is 0 Å². The van der Waals surface area contributed by atoms with Crippen LogP contribution in [0.25, 0.3) is 0 Å². The van der Waals surface area contributed by atoms with Gasteiger partial charge < -0.3 is 22.5 Å². The minimum atomic E-state index is -0.570. The molecule has 0 bridgehead atoms. The predicted octanol–water partition coefficient (Wildman–Crippen LogP) is -1.59. The first-order chi connectivity index (χ1) is 9.45. The average Bonchev–Trinajstić information content (AvgIpc) is 2.39. The molecule has 1 heterocycles. The van der Waals surface area contributed by atoms with Gasteiger partial charge >= 0.3 is 0 Å². The van der Waals surface area contributed by atoms with Crippen molar-refractivity contribution in [1.82, 2.24) is 20.6 Å². The summed E-state index contributed by atoms with van der Waals surface area (Å²) in [6.07, 6.45) is 1.61. The van der Waals surface area contributed by atoms with Crippen LogP contribution in [0.3, 0.4) is 0 Å². The van der Waals surface area contributed by atoms with Crippen LogP contribution in [0.2, 0.25) is 5.15 Å². The van der Waals surface area contributed by atoms with Gasteiger partial charge in [0.05, 0.1) is 6.54 Å². The minimum absolute atomic E-state index is 0.0448. The van der Waals surface area contributed by atoms with Crippen LogP contribution in [-0.4, -0.2) is 34.9 Å². The standard InChI is InChI=1S/C9H12ClN9O/c10-5-7(13)19-6(12)4(18-5)8(20)15-1-2-16-9(14)17-3-11/h1-2H2,(H,15,20)(H4,12,13,19)(H3,14,16,17). The number of carbonyl (C=O) groups excluding carboxylic acids is 1. The molecule has 0 aromatic carbocycles. The maximum absolute atomic E-state index is 11.8. The van der Waals surface area contributed by atoms with Crippen molar-refractivity contribution in [2.24, 2.45) is 10.7 Å². The zero-order chi connectivity index (χ0) is 15.1. The normalized spacial score (nSPS) is 10.7. The molecule has 0 atom stereocenters. The lowest BCUT2D eigenvalue weighted by molar-refractivity contribution is 0.0950. The van der Waals surface area contributed by atoms with Gasteiger partial charge in [0.25, 0.3) is 5.91 Å². The predicted molar refractivity (Wildman–Crippen MR) is 73.4 cm³/mol. The summed E-state index contributed by atoms with van der Waals surface area (Å²) in [5.74, 6) is -0.797. The van der Waals surface area contributed by atoms with Gasteiger partial charge in [-0.15, -0.1) is 0 Å². The lowest BCUT2D eigenvalue weighted by atomic mass is 10.3. The first-order valence-electron chi connectivity index (χ1n) is 5.27. The van der Waals surface area contributed by atoms with Crippen molar-refractivity contribution >= 4 is 35.1 Å². The monoisotopic (exact) mass is 297 g/mol. The quantitative estimate of drug-likeness (QED) is 0.145. The number of nitrogen functional groups attached to an aromatic ring is 2. The lowest BCUT2D eigenvalue weighted by Crippen LogP contribution is -2.31. The number of rotatable bonds is 4. The highest BCUT2D eigenvalue weighted by Crippen LogP contribution is 2.16. The van der Waals surface area contributed by atoms with Crippen molar-refractivity contribution in [3.63, 3.8) is 0 Å². The first-order valence-corrected chi connectivity index (χ1v) is 5.65. The minimum Gasteiger partial charge on any atom is -0.382 e. The molecule has 0 spiro atoms. The number of nitrogens with two attached hydrogens (primary N) is 3. The Morgan fingerprint density at radius 3 is 2.75 bits per heavy atom. The molecule has 1 rings (SSSR count). The van der Waals surface area contributed by atoms with Crippen molar-refractivity contribution in [3.8, 4) is 6.19 Å². The Morgan fingerprint density at radius 2 is 2.10 bits per heavy atom. The molecule has 0 aliphatic carbocycles. The summed E-state index contributed by atoms with van der Waals surface area (Å²) in [6, 6.07) is 0. The van der Waals surface area contributed by atoms with Crippen LogP contribution < -0.4 is 27.8 Å². The number of amides is 1. The summed E-state index contributed by atoms with van der Waals surface area (Å²) in [5.41, 5.74) is 16.1. The van der Waals surface area contributed by atoms with Gasteiger partial charge in [-0.25, -0.2) is 9.97 Å². The number of aliphatic imine (C=N–C) groups is 1. The Kier molecular flexibility index (Phi) is 5.31. The van der Waals surface area contributed by atoms with Gasteiger partial charge in [-0.1, -0.05) is 11.6 Å². The third-order valence-corrected chi connectivity index (χ3v) is 2.26. The molecule has 1 aromatic rings. The summed E-state index contributed by atoms with van der Waals surface area (Å²) < 4.78 is 0. The second-order valence-electron chi connectivity index (χ2n) is 3.39. The molecule has 20 heavy (non-hydrogen) atoms. The SMILES string of the molecule is N#CNC(N)=NCCNC(=O)c1nc(Cl)c(N)nc1N. The number of halogens is 1. The van der Waals surface area contributed by atoms with E-state index in [1.807, 2.05) is 0 Å². The summed E-state index contributed by atoms with van der Waals surface area (Å²) in [7, 11) is 0. The number of nitrogens with one attached hydrogen (secondary N) is 2. The van der Waals surface area contributed by atoms with Crippen LogP contribution >= 0.6 is 11.6 Å². The molecule has 0 unspecified atom stereocenters. The van der Waals surface area contributed by atoms with Crippen molar-refractivity contribution in [3.05, 3.63) is 10.8 Å². The van der Waals surface area contributed by atoms with E-state index in [0.717, 1.165) is 0 Å². The third-order valence-electron chi connectivity index (χ3n) is 1.98. The summed E-state index contributed by atoms with van der Waals surface area (Å²) in [5, 5.41) is 12.8. The highest BCUT2D eigenvalue weighted by molar-refractivity contribution is 6.31. The molecule has 0 saturated carbocycles. The van der Waals surface area contributed by atoms with E-state index in [-0.39, 0.29) is 41.5 Å². The lowest BCUT2D eigenvalue weighted by Gasteiger charge is -2.06. The second kappa shape index (κ2) is 6.95. The van der Waals surface area contributed by atoms with Crippen molar-refractivity contribution < 1.29 is 4.79 Å². The second-order valence-corrected chi connectivity index (χ2v) is 3.75. The number of guanidine groups is 1. The molecule has 8 N–H and O–H groups in total. The third kappa shape index (κ3) is 4.14. The smallest absolute Gasteiger partial charge is 0.273 e. The van der Waals surface area contributed by atoms with Crippen LogP contribution in [0.15, 0.2) is 4.99 Å². The topological polar surface area (TPSA) is 181 Å². The van der Waals surface area contributed by atoms with E-state index in [2.05, 4.69) is 25.6 Å². The molecule has 0 aliphatic heterocycles. The van der Waals surface area contributed by atoms with Crippen LogP contribution in [-0.2, 0) is 0 Å².